The first-order valence-corrected chi connectivity index (χ1v) is 6.61. The quantitative estimate of drug-likeness (QED) is 0.662. The third-order valence-corrected chi connectivity index (χ3v) is 3.64. The van der Waals surface area contributed by atoms with Gasteiger partial charge in [-0.3, -0.25) is 0 Å². The van der Waals surface area contributed by atoms with E-state index in [1.807, 2.05) is 11.8 Å². The Morgan fingerprint density at radius 1 is 1.59 bits per heavy atom. The van der Waals surface area contributed by atoms with Crippen molar-refractivity contribution in [3.63, 3.8) is 0 Å². The van der Waals surface area contributed by atoms with Crippen molar-refractivity contribution >= 4 is 23.8 Å². The first-order chi connectivity index (χ1) is 8.00. The Kier molecular flexibility index (Phi) is 5.57. The van der Waals surface area contributed by atoms with Crippen LogP contribution >= 0.6 is 11.8 Å². The number of carboxylic acids is 1. The van der Waals surface area contributed by atoms with Gasteiger partial charge in [0, 0.05) is 37.1 Å². The van der Waals surface area contributed by atoms with E-state index in [4.69, 9.17) is 10.2 Å². The van der Waals surface area contributed by atoms with Gasteiger partial charge < -0.3 is 20.4 Å². The fourth-order valence-corrected chi connectivity index (χ4v) is 2.57. The highest BCUT2D eigenvalue weighted by Crippen LogP contribution is 2.17. The number of urea groups is 1. The SMILES string of the molecule is CC1CN(C(=O)NCCC(O)C(=O)O)CCS1. The van der Waals surface area contributed by atoms with Crippen molar-refractivity contribution in [2.45, 2.75) is 24.7 Å². The smallest absolute Gasteiger partial charge is 0.332 e. The molecule has 1 heterocycles. The minimum Gasteiger partial charge on any atom is -0.479 e. The molecule has 0 aliphatic carbocycles. The van der Waals surface area contributed by atoms with Gasteiger partial charge in [0.15, 0.2) is 6.10 Å². The number of nitrogens with zero attached hydrogens (tertiary/aromatic N) is 1. The van der Waals surface area contributed by atoms with Crippen LogP contribution in [-0.4, -0.2) is 63.9 Å². The Bertz CT molecular complexity index is 287. The van der Waals surface area contributed by atoms with Crippen LogP contribution in [0.5, 0.6) is 0 Å². The van der Waals surface area contributed by atoms with E-state index in [0.29, 0.717) is 18.3 Å². The van der Waals surface area contributed by atoms with Crippen molar-refractivity contribution in [2.24, 2.45) is 0 Å². The highest BCUT2D eigenvalue weighted by atomic mass is 32.2. The lowest BCUT2D eigenvalue weighted by Gasteiger charge is -2.30. The summed E-state index contributed by atoms with van der Waals surface area (Å²) in [6, 6.07) is -0.185. The van der Waals surface area contributed by atoms with Crippen LogP contribution in [-0.2, 0) is 4.79 Å². The van der Waals surface area contributed by atoms with Crippen LogP contribution in [0.3, 0.4) is 0 Å². The van der Waals surface area contributed by atoms with Crippen LogP contribution in [0.2, 0.25) is 0 Å². The fraction of sp³-hybridized carbons (Fsp3) is 0.800. The molecule has 0 aromatic carbocycles. The average molecular weight is 262 g/mol. The van der Waals surface area contributed by atoms with Gasteiger partial charge >= 0.3 is 12.0 Å². The molecule has 0 spiro atoms. The second kappa shape index (κ2) is 6.70. The summed E-state index contributed by atoms with van der Waals surface area (Å²) in [5, 5.41) is 20.5. The first kappa shape index (κ1) is 14.1. The Labute approximate surface area is 104 Å². The van der Waals surface area contributed by atoms with Crippen molar-refractivity contribution in [1.82, 2.24) is 10.2 Å². The lowest BCUT2D eigenvalue weighted by atomic mass is 10.2. The number of rotatable bonds is 4. The molecule has 2 atom stereocenters. The molecule has 6 nitrogen and oxygen atoms in total. The Morgan fingerprint density at radius 2 is 2.29 bits per heavy atom. The van der Waals surface area contributed by atoms with E-state index < -0.39 is 12.1 Å². The molecule has 1 saturated heterocycles. The number of carboxylic acid groups (broad SMARTS) is 1. The van der Waals surface area contributed by atoms with Crippen molar-refractivity contribution in [3.05, 3.63) is 0 Å². The van der Waals surface area contributed by atoms with Gasteiger partial charge in [0.2, 0.25) is 0 Å². The van der Waals surface area contributed by atoms with E-state index in [-0.39, 0.29) is 19.0 Å². The van der Waals surface area contributed by atoms with Gasteiger partial charge in [0.1, 0.15) is 0 Å². The van der Waals surface area contributed by atoms with Crippen LogP contribution in [0.4, 0.5) is 4.79 Å². The lowest BCUT2D eigenvalue weighted by molar-refractivity contribution is -0.146. The summed E-state index contributed by atoms with van der Waals surface area (Å²) in [6.07, 6.45) is -1.38. The van der Waals surface area contributed by atoms with Gasteiger partial charge in [-0.15, -0.1) is 0 Å². The van der Waals surface area contributed by atoms with Crippen molar-refractivity contribution in [1.29, 1.82) is 0 Å². The maximum atomic E-state index is 11.7. The number of nitrogens with one attached hydrogen (secondary N) is 1. The molecule has 0 aromatic rings. The van der Waals surface area contributed by atoms with Gasteiger partial charge in [0.05, 0.1) is 0 Å². The zero-order valence-corrected chi connectivity index (χ0v) is 10.6. The maximum absolute atomic E-state index is 11.7. The topological polar surface area (TPSA) is 89.9 Å². The molecule has 98 valence electrons. The van der Waals surface area contributed by atoms with Gasteiger partial charge in [-0.2, -0.15) is 11.8 Å². The standard InChI is InChI=1S/C10H18N2O4S/c1-7-6-12(4-5-17-7)10(16)11-3-2-8(13)9(14)15/h7-8,13H,2-6H2,1H3,(H,11,16)(H,14,15). The average Bonchev–Trinajstić information content (AvgIpc) is 2.28. The summed E-state index contributed by atoms with van der Waals surface area (Å²) in [6.45, 7) is 3.66. The van der Waals surface area contributed by atoms with Gasteiger partial charge in [-0.1, -0.05) is 6.92 Å². The highest BCUT2D eigenvalue weighted by Gasteiger charge is 2.21. The molecule has 3 N–H and O–H groups in total. The third kappa shape index (κ3) is 4.82. The number of hydrogen-bond acceptors (Lipinski definition) is 4. The molecule has 1 fully saturated rings. The van der Waals surface area contributed by atoms with Crippen LogP contribution in [0.15, 0.2) is 0 Å². The molecular weight excluding hydrogens is 244 g/mol. The van der Waals surface area contributed by atoms with Crippen molar-refractivity contribution in [3.8, 4) is 0 Å². The highest BCUT2D eigenvalue weighted by molar-refractivity contribution is 7.99. The van der Waals surface area contributed by atoms with Crippen molar-refractivity contribution < 1.29 is 19.8 Å². The summed E-state index contributed by atoms with van der Waals surface area (Å²) < 4.78 is 0. The zero-order chi connectivity index (χ0) is 12.8. The van der Waals surface area contributed by atoms with Crippen LogP contribution in [0, 0.1) is 0 Å². The predicted octanol–water partition coefficient (Wildman–Crippen LogP) is -0.0311. The molecule has 7 heteroatoms. The first-order valence-electron chi connectivity index (χ1n) is 5.56. The Hall–Kier alpha value is -0.950. The minimum atomic E-state index is -1.41. The van der Waals surface area contributed by atoms with E-state index in [1.54, 1.807) is 4.90 Å². The molecule has 17 heavy (non-hydrogen) atoms. The molecule has 0 radical (unpaired) electrons. The Morgan fingerprint density at radius 3 is 2.88 bits per heavy atom. The van der Waals surface area contributed by atoms with Gasteiger partial charge in [0.25, 0.3) is 0 Å². The monoisotopic (exact) mass is 262 g/mol. The second-order valence-electron chi connectivity index (χ2n) is 4.00. The number of carbonyl (C=O) groups is 2. The molecule has 1 rings (SSSR count). The lowest BCUT2D eigenvalue weighted by Crippen LogP contribution is -2.47. The number of aliphatic hydroxyl groups excluding tert-OH is 1. The largest absolute Gasteiger partial charge is 0.479 e. The van der Waals surface area contributed by atoms with E-state index in [2.05, 4.69) is 12.2 Å². The molecule has 1 aliphatic heterocycles. The molecular formula is C10H18N2O4S. The number of aliphatic hydroxyl groups is 1. The molecule has 2 amide bonds. The summed E-state index contributed by atoms with van der Waals surface area (Å²) in [4.78, 5) is 23.7. The van der Waals surface area contributed by atoms with Crippen LogP contribution in [0.25, 0.3) is 0 Å². The summed E-state index contributed by atoms with van der Waals surface area (Å²) in [5.74, 6) is -0.339. The number of hydrogen-bond donors (Lipinski definition) is 3. The molecule has 2 unspecified atom stereocenters. The zero-order valence-electron chi connectivity index (χ0n) is 9.76. The number of thioether (sulfide) groups is 1. The molecule has 0 bridgehead atoms. The third-order valence-electron chi connectivity index (χ3n) is 2.51. The number of amides is 2. The van der Waals surface area contributed by atoms with Crippen molar-refractivity contribution in [2.75, 3.05) is 25.4 Å². The second-order valence-corrected chi connectivity index (χ2v) is 5.55. The summed E-state index contributed by atoms with van der Waals surface area (Å²) >= 11 is 1.83. The summed E-state index contributed by atoms with van der Waals surface area (Å²) in [5.41, 5.74) is 0. The summed E-state index contributed by atoms with van der Waals surface area (Å²) in [7, 11) is 0. The number of aliphatic carboxylic acids is 1. The minimum absolute atomic E-state index is 0.0270. The van der Waals surface area contributed by atoms with E-state index in [9.17, 15) is 9.59 Å². The van der Waals surface area contributed by atoms with E-state index in [1.165, 1.54) is 0 Å². The fourth-order valence-electron chi connectivity index (χ4n) is 1.55. The maximum Gasteiger partial charge on any atom is 0.332 e. The van der Waals surface area contributed by atoms with E-state index in [0.717, 1.165) is 5.75 Å². The van der Waals surface area contributed by atoms with Crippen LogP contribution in [0.1, 0.15) is 13.3 Å². The van der Waals surface area contributed by atoms with E-state index >= 15 is 0 Å². The van der Waals surface area contributed by atoms with Crippen LogP contribution < -0.4 is 5.32 Å². The molecule has 1 aliphatic rings. The van der Waals surface area contributed by atoms with Gasteiger partial charge in [-0.05, 0) is 0 Å². The van der Waals surface area contributed by atoms with Gasteiger partial charge in [-0.25, -0.2) is 9.59 Å². The Balaban J connectivity index is 2.22. The molecule has 0 saturated carbocycles. The molecule has 0 aromatic heterocycles. The predicted molar refractivity (Wildman–Crippen MR) is 65.2 cm³/mol. The normalized spacial score (nSPS) is 22.0. The number of carbonyl (C=O) groups excluding carboxylic acids is 1.